The molecular formula is C19H19BrN2O5S. The number of methoxy groups -OCH3 is 1. The fourth-order valence-corrected chi connectivity index (χ4v) is 3.97. The summed E-state index contributed by atoms with van der Waals surface area (Å²) in [7, 11) is 1.58. The number of thioether (sulfide) groups is 1. The maximum atomic E-state index is 13.0. The molecule has 0 N–H and O–H groups in total. The van der Waals surface area contributed by atoms with Crippen LogP contribution in [0.3, 0.4) is 0 Å². The van der Waals surface area contributed by atoms with Gasteiger partial charge in [-0.15, -0.1) is 0 Å². The zero-order valence-corrected chi connectivity index (χ0v) is 17.8. The molecule has 28 heavy (non-hydrogen) atoms. The molecule has 0 aliphatic heterocycles. The molecule has 0 amide bonds. The molecule has 2 heterocycles. The van der Waals surface area contributed by atoms with Crippen molar-refractivity contribution in [3.63, 3.8) is 0 Å². The number of furan rings is 1. The molecule has 0 saturated carbocycles. The molecule has 0 bridgehead atoms. The number of benzene rings is 1. The third-order valence-electron chi connectivity index (χ3n) is 3.97. The van der Waals surface area contributed by atoms with Crippen molar-refractivity contribution in [3.8, 4) is 0 Å². The summed E-state index contributed by atoms with van der Waals surface area (Å²) in [5.41, 5.74) is 0.843. The van der Waals surface area contributed by atoms with Crippen LogP contribution in [0, 0.1) is 0 Å². The Kier molecular flexibility index (Phi) is 6.93. The second-order valence-electron chi connectivity index (χ2n) is 5.77. The quantitative estimate of drug-likeness (QED) is 0.283. The predicted molar refractivity (Wildman–Crippen MR) is 110 cm³/mol. The second kappa shape index (κ2) is 9.40. The van der Waals surface area contributed by atoms with E-state index in [0.29, 0.717) is 46.3 Å². The van der Waals surface area contributed by atoms with E-state index < -0.39 is 5.97 Å². The first-order chi connectivity index (χ1) is 13.5. The highest BCUT2D eigenvalue weighted by molar-refractivity contribution is 9.10. The van der Waals surface area contributed by atoms with Gasteiger partial charge in [-0.1, -0.05) is 27.7 Å². The summed E-state index contributed by atoms with van der Waals surface area (Å²) in [5, 5.41) is 1.06. The van der Waals surface area contributed by atoms with Crippen LogP contribution in [0.1, 0.15) is 23.0 Å². The van der Waals surface area contributed by atoms with Crippen LogP contribution in [-0.2, 0) is 21.8 Å². The minimum atomic E-state index is -0.431. The van der Waals surface area contributed by atoms with Crippen LogP contribution in [-0.4, -0.2) is 35.8 Å². The number of carbonyl (C=O) groups excluding carboxylic acids is 1. The Balaban J connectivity index is 1.94. The number of rotatable bonds is 8. The lowest BCUT2D eigenvalue weighted by molar-refractivity contribution is 0.0524. The van der Waals surface area contributed by atoms with Gasteiger partial charge in [0.1, 0.15) is 11.3 Å². The largest absolute Gasteiger partial charge is 0.468 e. The second-order valence-corrected chi connectivity index (χ2v) is 7.63. The molecule has 1 aromatic carbocycles. The standard InChI is InChI=1S/C19H19BrN2O5S/c1-3-26-18(24)13-6-8-27-16(13)11-28-19-21-15-5-4-12(20)10-14(15)17(23)22(19)7-9-25-2/h4-6,8,10H,3,7,9,11H2,1-2H3. The Bertz CT molecular complexity index is 1050. The summed E-state index contributed by atoms with van der Waals surface area (Å²) in [6.45, 7) is 2.78. The first kappa shape index (κ1) is 20.6. The molecule has 3 aromatic rings. The molecule has 0 atom stereocenters. The lowest BCUT2D eigenvalue weighted by atomic mass is 10.2. The van der Waals surface area contributed by atoms with Crippen LogP contribution in [0.5, 0.6) is 0 Å². The van der Waals surface area contributed by atoms with E-state index >= 15 is 0 Å². The van der Waals surface area contributed by atoms with Crippen molar-refractivity contribution in [2.45, 2.75) is 24.4 Å². The lowest BCUT2D eigenvalue weighted by Crippen LogP contribution is -2.25. The first-order valence-corrected chi connectivity index (χ1v) is 10.4. The van der Waals surface area contributed by atoms with Crippen molar-refractivity contribution in [1.29, 1.82) is 0 Å². The molecule has 0 radical (unpaired) electrons. The van der Waals surface area contributed by atoms with Gasteiger partial charge in [0.2, 0.25) is 0 Å². The van der Waals surface area contributed by atoms with Crippen LogP contribution in [0.2, 0.25) is 0 Å². The highest BCUT2D eigenvalue weighted by Gasteiger charge is 2.18. The topological polar surface area (TPSA) is 83.6 Å². The molecule has 0 spiro atoms. The zero-order valence-electron chi connectivity index (χ0n) is 15.4. The van der Waals surface area contributed by atoms with Gasteiger partial charge in [0.05, 0.1) is 42.7 Å². The third kappa shape index (κ3) is 4.48. The van der Waals surface area contributed by atoms with Gasteiger partial charge in [0.15, 0.2) is 5.16 Å². The highest BCUT2D eigenvalue weighted by atomic mass is 79.9. The fourth-order valence-electron chi connectivity index (χ4n) is 2.64. The molecular weight excluding hydrogens is 448 g/mol. The van der Waals surface area contributed by atoms with Crippen molar-refractivity contribution in [3.05, 3.63) is 56.7 Å². The van der Waals surface area contributed by atoms with Gasteiger partial charge in [0.25, 0.3) is 5.56 Å². The summed E-state index contributed by atoms with van der Waals surface area (Å²) in [6, 6.07) is 6.97. The minimum Gasteiger partial charge on any atom is -0.468 e. The predicted octanol–water partition coefficient (Wildman–Crippen LogP) is 3.87. The van der Waals surface area contributed by atoms with Gasteiger partial charge in [-0.25, -0.2) is 9.78 Å². The smallest absolute Gasteiger partial charge is 0.341 e. The van der Waals surface area contributed by atoms with E-state index in [-0.39, 0.29) is 12.2 Å². The van der Waals surface area contributed by atoms with E-state index in [1.54, 1.807) is 36.8 Å². The Morgan fingerprint density at radius 1 is 1.36 bits per heavy atom. The number of carbonyl (C=O) groups is 1. The Morgan fingerprint density at radius 3 is 2.93 bits per heavy atom. The van der Waals surface area contributed by atoms with Crippen LogP contribution in [0.25, 0.3) is 10.9 Å². The first-order valence-electron chi connectivity index (χ1n) is 8.60. The third-order valence-corrected chi connectivity index (χ3v) is 5.44. The molecule has 0 aliphatic carbocycles. The zero-order chi connectivity index (χ0) is 20.1. The number of aromatic nitrogens is 2. The van der Waals surface area contributed by atoms with Gasteiger partial charge in [-0.3, -0.25) is 9.36 Å². The van der Waals surface area contributed by atoms with Crippen LogP contribution < -0.4 is 5.56 Å². The van der Waals surface area contributed by atoms with Gasteiger partial charge < -0.3 is 13.9 Å². The van der Waals surface area contributed by atoms with Crippen molar-refractivity contribution >= 4 is 44.6 Å². The van der Waals surface area contributed by atoms with Crippen molar-refractivity contribution in [1.82, 2.24) is 9.55 Å². The summed E-state index contributed by atoms with van der Waals surface area (Å²) in [5.74, 6) is 0.384. The molecule has 0 unspecified atom stereocenters. The summed E-state index contributed by atoms with van der Waals surface area (Å²) in [4.78, 5) is 29.6. The lowest BCUT2D eigenvalue weighted by Gasteiger charge is -2.12. The van der Waals surface area contributed by atoms with Crippen LogP contribution in [0.15, 0.2) is 49.4 Å². The molecule has 7 nitrogen and oxygen atoms in total. The van der Waals surface area contributed by atoms with E-state index in [0.717, 1.165) is 4.47 Å². The average Bonchev–Trinajstić information content (AvgIpc) is 3.15. The summed E-state index contributed by atoms with van der Waals surface area (Å²) < 4.78 is 18.0. The van der Waals surface area contributed by atoms with E-state index in [9.17, 15) is 9.59 Å². The van der Waals surface area contributed by atoms with Crippen molar-refractivity contribution in [2.75, 3.05) is 20.3 Å². The molecule has 2 aromatic heterocycles. The molecule has 0 saturated heterocycles. The number of nitrogens with zero attached hydrogens (tertiary/aromatic N) is 2. The van der Waals surface area contributed by atoms with Crippen LogP contribution in [0.4, 0.5) is 0 Å². The number of halogens is 1. The number of fused-ring (bicyclic) bond motifs is 1. The van der Waals surface area contributed by atoms with Gasteiger partial charge in [-0.05, 0) is 31.2 Å². The van der Waals surface area contributed by atoms with E-state index in [2.05, 4.69) is 20.9 Å². The Labute approximate surface area is 174 Å². The molecule has 148 valence electrons. The molecule has 9 heteroatoms. The molecule has 0 aliphatic rings. The van der Waals surface area contributed by atoms with Gasteiger partial charge in [0, 0.05) is 11.6 Å². The SMILES string of the molecule is CCOC(=O)c1ccoc1CSc1nc2ccc(Br)cc2c(=O)n1CCOC. The monoisotopic (exact) mass is 466 g/mol. The van der Waals surface area contributed by atoms with Gasteiger partial charge >= 0.3 is 5.97 Å². The van der Waals surface area contributed by atoms with E-state index in [1.165, 1.54) is 18.0 Å². The fraction of sp³-hybridized carbons (Fsp3) is 0.316. The van der Waals surface area contributed by atoms with Crippen LogP contribution >= 0.6 is 27.7 Å². The number of ether oxygens (including phenoxy) is 2. The average molecular weight is 467 g/mol. The highest BCUT2D eigenvalue weighted by Crippen LogP contribution is 2.26. The Hall–Kier alpha value is -2.10. The molecule has 3 rings (SSSR count). The summed E-state index contributed by atoms with van der Waals surface area (Å²) in [6.07, 6.45) is 1.45. The maximum absolute atomic E-state index is 13.0. The van der Waals surface area contributed by atoms with Gasteiger partial charge in [-0.2, -0.15) is 0 Å². The van der Waals surface area contributed by atoms with Crippen molar-refractivity contribution < 1.29 is 18.7 Å². The number of esters is 1. The van der Waals surface area contributed by atoms with E-state index in [1.807, 2.05) is 6.07 Å². The number of hydrogen-bond acceptors (Lipinski definition) is 7. The minimum absolute atomic E-state index is 0.143. The van der Waals surface area contributed by atoms with E-state index in [4.69, 9.17) is 13.9 Å². The maximum Gasteiger partial charge on any atom is 0.341 e. The normalized spacial score (nSPS) is 11.1. The Morgan fingerprint density at radius 2 is 2.18 bits per heavy atom. The summed E-state index contributed by atoms with van der Waals surface area (Å²) >= 11 is 4.71. The number of hydrogen-bond donors (Lipinski definition) is 0. The van der Waals surface area contributed by atoms with Crippen molar-refractivity contribution in [2.24, 2.45) is 0 Å². The molecule has 0 fully saturated rings.